The third kappa shape index (κ3) is 3.08. The monoisotopic (exact) mass is 306 g/mol. The molecule has 1 saturated heterocycles. The molecule has 0 radical (unpaired) electrons. The van der Waals surface area contributed by atoms with Crippen LogP contribution in [-0.2, 0) is 9.53 Å². The van der Waals surface area contributed by atoms with E-state index in [2.05, 4.69) is 10.3 Å². The summed E-state index contributed by atoms with van der Waals surface area (Å²) in [6.45, 7) is 4.39. The van der Waals surface area contributed by atoms with E-state index >= 15 is 0 Å². The van der Waals surface area contributed by atoms with Crippen LogP contribution in [0, 0.1) is 0 Å². The Morgan fingerprint density at radius 2 is 2.24 bits per heavy atom. The Bertz CT molecular complexity index is 651. The van der Waals surface area contributed by atoms with E-state index in [9.17, 15) is 4.79 Å². The summed E-state index contributed by atoms with van der Waals surface area (Å²) in [5, 5.41) is 3.92. The molecular formula is C14H18N4O2S. The number of nitrogens with zero attached hydrogens (tertiary/aromatic N) is 2. The summed E-state index contributed by atoms with van der Waals surface area (Å²) in [7, 11) is 0. The zero-order valence-electron chi connectivity index (χ0n) is 11.8. The third-order valence-corrected chi connectivity index (χ3v) is 4.40. The van der Waals surface area contributed by atoms with Gasteiger partial charge >= 0.3 is 0 Å². The average Bonchev–Trinajstić information content (AvgIpc) is 2.88. The minimum absolute atomic E-state index is 0.0806. The molecule has 1 aliphatic heterocycles. The van der Waals surface area contributed by atoms with Crippen molar-refractivity contribution in [2.45, 2.75) is 13.0 Å². The molecule has 2 aromatic rings. The van der Waals surface area contributed by atoms with Gasteiger partial charge in [-0.1, -0.05) is 11.3 Å². The van der Waals surface area contributed by atoms with Gasteiger partial charge < -0.3 is 20.7 Å². The van der Waals surface area contributed by atoms with Crippen molar-refractivity contribution in [3.05, 3.63) is 18.2 Å². The molecule has 3 N–H and O–H groups in total. The summed E-state index contributed by atoms with van der Waals surface area (Å²) in [6.07, 6.45) is 0. The Morgan fingerprint density at radius 3 is 3.00 bits per heavy atom. The second-order valence-corrected chi connectivity index (χ2v) is 6.08. The number of amides is 1. The fraction of sp³-hybridized carbons (Fsp3) is 0.429. The molecule has 2 heterocycles. The van der Waals surface area contributed by atoms with Crippen molar-refractivity contribution in [1.29, 1.82) is 0 Å². The molecule has 21 heavy (non-hydrogen) atoms. The number of anilines is 2. The first-order valence-electron chi connectivity index (χ1n) is 6.92. The molecule has 6 nitrogen and oxygen atoms in total. The molecule has 0 bridgehead atoms. The van der Waals surface area contributed by atoms with Crippen molar-refractivity contribution < 1.29 is 9.53 Å². The summed E-state index contributed by atoms with van der Waals surface area (Å²) in [4.78, 5) is 18.6. The Labute approximate surface area is 126 Å². The lowest BCUT2D eigenvalue weighted by molar-refractivity contribution is -0.135. The average molecular weight is 306 g/mol. The van der Waals surface area contributed by atoms with Crippen LogP contribution < -0.4 is 11.1 Å². The largest absolute Gasteiger partial charge is 0.399 e. The molecule has 1 aromatic heterocycles. The molecule has 0 saturated carbocycles. The number of thiazole rings is 1. The highest BCUT2D eigenvalue weighted by molar-refractivity contribution is 7.22. The highest BCUT2D eigenvalue weighted by Crippen LogP contribution is 2.28. The van der Waals surface area contributed by atoms with Gasteiger partial charge in [-0.25, -0.2) is 4.98 Å². The van der Waals surface area contributed by atoms with Gasteiger partial charge in [0, 0.05) is 18.8 Å². The molecule has 1 aromatic carbocycles. The van der Waals surface area contributed by atoms with E-state index in [0.29, 0.717) is 26.3 Å². The van der Waals surface area contributed by atoms with Crippen LogP contribution in [0.3, 0.4) is 0 Å². The van der Waals surface area contributed by atoms with E-state index in [1.54, 1.807) is 0 Å². The fourth-order valence-electron chi connectivity index (χ4n) is 2.31. The SMILES string of the molecule is CC(Nc1nc2ccc(N)cc2s1)C(=O)N1CCOCC1. The predicted molar refractivity (Wildman–Crippen MR) is 84.5 cm³/mol. The van der Waals surface area contributed by atoms with Crippen molar-refractivity contribution >= 4 is 38.3 Å². The Kier molecular flexibility index (Phi) is 3.94. The van der Waals surface area contributed by atoms with Crippen molar-refractivity contribution in [2.24, 2.45) is 0 Å². The molecule has 112 valence electrons. The maximum absolute atomic E-state index is 12.3. The van der Waals surface area contributed by atoms with Crippen LogP contribution in [0.25, 0.3) is 10.2 Å². The van der Waals surface area contributed by atoms with Crippen LogP contribution in [0.2, 0.25) is 0 Å². The third-order valence-electron chi connectivity index (χ3n) is 3.45. The number of nitrogens with two attached hydrogens (primary N) is 1. The molecule has 3 rings (SSSR count). The lowest BCUT2D eigenvalue weighted by atomic mass is 10.2. The van der Waals surface area contributed by atoms with Crippen LogP contribution in [0.1, 0.15) is 6.92 Å². The normalized spacial score (nSPS) is 16.9. The summed E-state index contributed by atoms with van der Waals surface area (Å²) in [5.74, 6) is 0.0806. The lowest BCUT2D eigenvalue weighted by Gasteiger charge is -2.29. The predicted octanol–water partition coefficient (Wildman–Crippen LogP) is 1.54. The summed E-state index contributed by atoms with van der Waals surface area (Å²) in [6, 6.07) is 5.31. The second kappa shape index (κ2) is 5.87. The highest BCUT2D eigenvalue weighted by Gasteiger charge is 2.23. The van der Waals surface area contributed by atoms with Gasteiger partial charge in [-0.3, -0.25) is 4.79 Å². The first-order chi connectivity index (χ1) is 10.1. The minimum Gasteiger partial charge on any atom is -0.399 e. The van der Waals surface area contributed by atoms with Gasteiger partial charge in [0.1, 0.15) is 6.04 Å². The zero-order chi connectivity index (χ0) is 14.8. The van der Waals surface area contributed by atoms with Gasteiger partial charge in [0.05, 0.1) is 23.4 Å². The van der Waals surface area contributed by atoms with Crippen LogP contribution in [-0.4, -0.2) is 48.1 Å². The van der Waals surface area contributed by atoms with Crippen molar-refractivity contribution in [2.75, 3.05) is 37.4 Å². The number of nitrogen functional groups attached to an aromatic ring is 1. The van der Waals surface area contributed by atoms with E-state index < -0.39 is 0 Å². The van der Waals surface area contributed by atoms with Crippen LogP contribution in [0.4, 0.5) is 10.8 Å². The maximum Gasteiger partial charge on any atom is 0.244 e. The number of benzene rings is 1. The maximum atomic E-state index is 12.3. The van der Waals surface area contributed by atoms with Crippen LogP contribution >= 0.6 is 11.3 Å². The molecule has 7 heteroatoms. The topological polar surface area (TPSA) is 80.5 Å². The summed E-state index contributed by atoms with van der Waals surface area (Å²) in [5.41, 5.74) is 7.38. The number of carbonyl (C=O) groups excluding carboxylic acids is 1. The summed E-state index contributed by atoms with van der Waals surface area (Å²) >= 11 is 1.51. The van der Waals surface area contributed by atoms with Crippen molar-refractivity contribution in [1.82, 2.24) is 9.88 Å². The molecule has 1 aliphatic rings. The number of aromatic nitrogens is 1. The minimum atomic E-state index is -0.305. The molecule has 1 atom stereocenters. The second-order valence-electron chi connectivity index (χ2n) is 5.05. The van der Waals surface area contributed by atoms with E-state index in [-0.39, 0.29) is 11.9 Å². The number of hydrogen-bond donors (Lipinski definition) is 2. The van der Waals surface area contributed by atoms with Gasteiger partial charge in [0.15, 0.2) is 5.13 Å². The number of fused-ring (bicyclic) bond motifs is 1. The van der Waals surface area contributed by atoms with E-state index in [1.165, 1.54) is 11.3 Å². The number of ether oxygens (including phenoxy) is 1. The number of rotatable bonds is 3. The van der Waals surface area contributed by atoms with Gasteiger partial charge in [-0.05, 0) is 25.1 Å². The van der Waals surface area contributed by atoms with Gasteiger partial charge in [0.2, 0.25) is 5.91 Å². The Balaban J connectivity index is 1.70. The quantitative estimate of drug-likeness (QED) is 0.841. The standard InChI is InChI=1S/C14H18N4O2S/c1-9(13(19)18-4-6-20-7-5-18)16-14-17-11-3-2-10(15)8-12(11)21-14/h2-3,8-9H,4-7,15H2,1H3,(H,16,17). The first-order valence-corrected chi connectivity index (χ1v) is 7.74. The molecule has 0 aliphatic carbocycles. The Hall–Kier alpha value is -1.86. The number of nitrogens with one attached hydrogen (secondary N) is 1. The summed E-state index contributed by atoms with van der Waals surface area (Å²) < 4.78 is 6.28. The van der Waals surface area contributed by atoms with E-state index in [0.717, 1.165) is 21.0 Å². The molecule has 0 spiro atoms. The Morgan fingerprint density at radius 1 is 1.48 bits per heavy atom. The highest BCUT2D eigenvalue weighted by atomic mass is 32.1. The van der Waals surface area contributed by atoms with E-state index in [4.69, 9.17) is 10.5 Å². The molecule has 1 fully saturated rings. The number of hydrogen-bond acceptors (Lipinski definition) is 6. The first kappa shape index (κ1) is 14.1. The van der Waals surface area contributed by atoms with Crippen molar-refractivity contribution in [3.8, 4) is 0 Å². The number of morpholine rings is 1. The zero-order valence-corrected chi connectivity index (χ0v) is 12.7. The van der Waals surface area contributed by atoms with Crippen LogP contribution in [0.5, 0.6) is 0 Å². The smallest absolute Gasteiger partial charge is 0.244 e. The van der Waals surface area contributed by atoms with Crippen LogP contribution in [0.15, 0.2) is 18.2 Å². The van der Waals surface area contributed by atoms with Gasteiger partial charge in [-0.2, -0.15) is 0 Å². The van der Waals surface area contributed by atoms with Crippen molar-refractivity contribution in [3.63, 3.8) is 0 Å². The lowest BCUT2D eigenvalue weighted by Crippen LogP contribution is -2.46. The number of carbonyl (C=O) groups is 1. The van der Waals surface area contributed by atoms with E-state index in [1.807, 2.05) is 30.0 Å². The van der Waals surface area contributed by atoms with Gasteiger partial charge in [-0.15, -0.1) is 0 Å². The molecular weight excluding hydrogens is 288 g/mol. The fourth-order valence-corrected chi connectivity index (χ4v) is 3.31. The van der Waals surface area contributed by atoms with Gasteiger partial charge in [0.25, 0.3) is 0 Å². The molecule has 1 amide bonds. The molecule has 1 unspecified atom stereocenters.